The van der Waals surface area contributed by atoms with Gasteiger partial charge in [-0.25, -0.2) is 15.0 Å². The van der Waals surface area contributed by atoms with E-state index in [1.165, 1.54) is 0 Å². The average molecular weight is 259 g/mol. The van der Waals surface area contributed by atoms with Crippen LogP contribution in [0.4, 0.5) is 22.6 Å². The fourth-order valence-electron chi connectivity index (χ4n) is 0.427. The Bertz CT molecular complexity index is 335. The standard InChI is InChI=1S/C3H6N6.CH4N2O.CHNO.CH2O/c4-1-7-2(5)9-3(6)8-1;2-1(3)4;2-1-3;1-2/h(H6,4,5,6,7,8,9);(H4,2,3,4);2H;1H2. The maximum Gasteiger partial charge on any atom is 0.309 e. The van der Waals surface area contributed by atoms with E-state index in [2.05, 4.69) is 26.4 Å². The van der Waals surface area contributed by atoms with Crippen LogP contribution in [-0.4, -0.2) is 33.9 Å². The smallest absolute Gasteiger partial charge is 0.309 e. The van der Waals surface area contributed by atoms with E-state index in [1.54, 1.807) is 0 Å². The summed E-state index contributed by atoms with van der Waals surface area (Å²) >= 11 is 0. The highest BCUT2D eigenvalue weighted by molar-refractivity contribution is 5.69. The lowest BCUT2D eigenvalue weighted by molar-refractivity contribution is -0.0979. The number of nitrogens with one attached hydrogen (secondary N) is 1. The van der Waals surface area contributed by atoms with E-state index in [9.17, 15) is 0 Å². The largest absolute Gasteiger partial charge is 0.368 e. The minimum atomic E-state index is -0.833. The third kappa shape index (κ3) is 23.0. The molecule has 1 aromatic heterocycles. The van der Waals surface area contributed by atoms with Gasteiger partial charge in [0.25, 0.3) is 0 Å². The maximum atomic E-state index is 9.00. The van der Waals surface area contributed by atoms with E-state index in [0.29, 0.717) is 0 Å². The van der Waals surface area contributed by atoms with Gasteiger partial charge in [-0.2, -0.15) is 15.0 Å². The van der Waals surface area contributed by atoms with Gasteiger partial charge in [-0.3, -0.25) is 0 Å². The van der Waals surface area contributed by atoms with Gasteiger partial charge in [-0.1, -0.05) is 0 Å². The third-order valence-electron chi connectivity index (χ3n) is 0.687. The van der Waals surface area contributed by atoms with Gasteiger partial charge in [0.05, 0.1) is 0 Å². The number of nitrogens with two attached hydrogens (primary N) is 5. The molecule has 0 saturated carbocycles. The van der Waals surface area contributed by atoms with Gasteiger partial charge < -0.3 is 33.5 Å². The molecule has 0 radical (unpaired) electrons. The number of nitrogen functional groups attached to an aromatic ring is 3. The van der Waals surface area contributed by atoms with Gasteiger partial charge in [0.2, 0.25) is 23.9 Å². The van der Waals surface area contributed by atoms with Crippen molar-refractivity contribution in [2.45, 2.75) is 0 Å². The SMILES string of the molecule is C=O.N=C=O.NC(N)=O.Nc1nc(N)nc(N)n1. The number of hydrogen-bond acceptors (Lipinski definition) is 10. The summed E-state index contributed by atoms with van der Waals surface area (Å²) in [4.78, 5) is 35.8. The molecule has 0 aromatic carbocycles. The van der Waals surface area contributed by atoms with Gasteiger partial charge in [-0.15, -0.1) is 0 Å². The second-order valence-corrected chi connectivity index (χ2v) is 1.91. The van der Waals surface area contributed by atoms with Crippen LogP contribution < -0.4 is 28.7 Å². The van der Waals surface area contributed by atoms with Crippen LogP contribution in [0.5, 0.6) is 0 Å². The average Bonchev–Trinajstić information content (AvgIpc) is 2.18. The van der Waals surface area contributed by atoms with Gasteiger partial charge >= 0.3 is 6.03 Å². The molecule has 0 fully saturated rings. The number of hydrogen-bond donors (Lipinski definition) is 6. The molecule has 0 aliphatic heterocycles. The first-order valence-electron chi connectivity index (χ1n) is 3.73. The number of rotatable bonds is 0. The fourth-order valence-corrected chi connectivity index (χ4v) is 0.427. The van der Waals surface area contributed by atoms with Crippen molar-refractivity contribution in [3.8, 4) is 0 Å². The molecule has 0 saturated heterocycles. The van der Waals surface area contributed by atoms with Crippen LogP contribution in [0.25, 0.3) is 0 Å². The number of aromatic nitrogens is 3. The van der Waals surface area contributed by atoms with Crippen LogP contribution in [-0.2, 0) is 9.59 Å². The van der Waals surface area contributed by atoms with Gasteiger partial charge in [0.1, 0.15) is 6.79 Å². The Labute approximate surface area is 101 Å². The Balaban J connectivity index is -0.000000212. The molecule has 12 heteroatoms. The molecular formula is C6H13N9O3. The van der Waals surface area contributed by atoms with Crippen molar-refractivity contribution >= 4 is 36.7 Å². The molecule has 1 rings (SSSR count). The molecule has 0 spiro atoms. The number of carbonyl (C=O) groups excluding carboxylic acids is 3. The molecule has 1 aromatic rings. The fraction of sp³-hybridized carbons (Fsp3) is 0. The molecule has 2 amide bonds. The molecule has 11 N–H and O–H groups in total. The van der Waals surface area contributed by atoms with Crippen molar-refractivity contribution in [3.05, 3.63) is 0 Å². The molecule has 0 aliphatic rings. The summed E-state index contributed by atoms with van der Waals surface area (Å²) in [5.41, 5.74) is 23.9. The van der Waals surface area contributed by atoms with E-state index >= 15 is 0 Å². The molecule has 0 unspecified atom stereocenters. The van der Waals surface area contributed by atoms with Crippen LogP contribution in [0, 0.1) is 5.41 Å². The van der Waals surface area contributed by atoms with Gasteiger partial charge in [0.15, 0.2) is 0 Å². The number of urea groups is 1. The predicted molar refractivity (Wildman–Crippen MR) is 62.4 cm³/mol. The Morgan fingerprint density at radius 2 is 1.11 bits per heavy atom. The van der Waals surface area contributed by atoms with Gasteiger partial charge in [-0.05, 0) is 0 Å². The molecule has 0 bridgehead atoms. The predicted octanol–water partition coefficient (Wildman–Crippen LogP) is -2.64. The first kappa shape index (κ1) is 20.2. The summed E-state index contributed by atoms with van der Waals surface area (Å²) in [5, 5.41) is 5.40. The van der Waals surface area contributed by atoms with Crippen LogP contribution in [0.2, 0.25) is 0 Å². The zero-order valence-corrected chi connectivity index (χ0v) is 9.16. The highest BCUT2D eigenvalue weighted by atomic mass is 16.2. The summed E-state index contributed by atoms with van der Waals surface area (Å²) in [6.45, 7) is 2.00. The highest BCUT2D eigenvalue weighted by Crippen LogP contribution is 1.97. The number of anilines is 3. The molecule has 1 heterocycles. The highest BCUT2D eigenvalue weighted by Gasteiger charge is 1.93. The third-order valence-corrected chi connectivity index (χ3v) is 0.687. The lowest BCUT2D eigenvalue weighted by Crippen LogP contribution is -2.18. The van der Waals surface area contributed by atoms with Crippen molar-refractivity contribution in [1.29, 1.82) is 5.41 Å². The number of primary amides is 2. The van der Waals surface area contributed by atoms with Crippen molar-refractivity contribution in [2.24, 2.45) is 11.5 Å². The van der Waals surface area contributed by atoms with Crippen LogP contribution in [0.1, 0.15) is 0 Å². The maximum absolute atomic E-state index is 9.00. The summed E-state index contributed by atoms with van der Waals surface area (Å²) in [5.74, 6) is 0.125. The first-order chi connectivity index (χ1) is 8.33. The molecule has 100 valence electrons. The second-order valence-electron chi connectivity index (χ2n) is 1.91. The number of nitrogens with zero attached hydrogens (tertiary/aromatic N) is 3. The monoisotopic (exact) mass is 259 g/mol. The Kier molecular flexibility index (Phi) is 15.4. The first-order valence-corrected chi connectivity index (χ1v) is 3.73. The van der Waals surface area contributed by atoms with Crippen molar-refractivity contribution in [3.63, 3.8) is 0 Å². The van der Waals surface area contributed by atoms with E-state index < -0.39 is 6.03 Å². The van der Waals surface area contributed by atoms with Crippen LogP contribution >= 0.6 is 0 Å². The molecule has 0 aliphatic carbocycles. The zero-order valence-electron chi connectivity index (χ0n) is 9.16. The molecular weight excluding hydrogens is 246 g/mol. The second kappa shape index (κ2) is 13.7. The summed E-state index contributed by atoms with van der Waals surface area (Å²) in [7, 11) is 0. The van der Waals surface area contributed by atoms with E-state index in [0.717, 1.165) is 6.08 Å². The number of isocyanates is 1. The topological polar surface area (TPSA) is 244 Å². The van der Waals surface area contributed by atoms with Crippen LogP contribution in [0.15, 0.2) is 0 Å². The summed E-state index contributed by atoms with van der Waals surface area (Å²) < 4.78 is 0. The summed E-state index contributed by atoms with van der Waals surface area (Å²) in [6.07, 6.45) is 0.750. The lowest BCUT2D eigenvalue weighted by atomic mass is 10.9. The molecule has 12 nitrogen and oxygen atoms in total. The van der Waals surface area contributed by atoms with Crippen LogP contribution in [0.3, 0.4) is 0 Å². The van der Waals surface area contributed by atoms with Gasteiger partial charge in [0, 0.05) is 0 Å². The molecule has 18 heavy (non-hydrogen) atoms. The minimum Gasteiger partial charge on any atom is -0.368 e. The van der Waals surface area contributed by atoms with E-state index in [-0.39, 0.29) is 17.8 Å². The lowest BCUT2D eigenvalue weighted by Gasteiger charge is -1.93. The van der Waals surface area contributed by atoms with Crippen molar-refractivity contribution in [2.75, 3.05) is 17.2 Å². The Morgan fingerprint density at radius 1 is 1.00 bits per heavy atom. The molecule has 0 atom stereocenters. The Morgan fingerprint density at radius 3 is 1.22 bits per heavy atom. The minimum absolute atomic E-state index is 0.0417. The van der Waals surface area contributed by atoms with Crippen molar-refractivity contribution < 1.29 is 14.4 Å². The van der Waals surface area contributed by atoms with E-state index in [1.807, 2.05) is 6.79 Å². The Hall–Kier alpha value is -3.27. The number of carbonyl (C=O) groups is 2. The van der Waals surface area contributed by atoms with E-state index in [4.69, 9.17) is 37.0 Å². The number of amides is 2. The van der Waals surface area contributed by atoms with Crippen molar-refractivity contribution in [1.82, 2.24) is 15.0 Å². The zero-order chi connectivity index (χ0) is 15.1. The normalized spacial score (nSPS) is 6.67. The summed E-state index contributed by atoms with van der Waals surface area (Å²) in [6, 6.07) is -0.833. The quantitative estimate of drug-likeness (QED) is 0.210.